The Balaban J connectivity index is 1.70. The Hall–Kier alpha value is -2.09. The number of anilines is 1. The van der Waals surface area contributed by atoms with Crippen molar-refractivity contribution in [3.63, 3.8) is 0 Å². The van der Waals surface area contributed by atoms with Crippen molar-refractivity contribution < 1.29 is 4.79 Å². The average molecular weight is 230 g/mol. The van der Waals surface area contributed by atoms with Crippen molar-refractivity contribution in [2.75, 3.05) is 18.4 Å². The van der Waals surface area contributed by atoms with E-state index in [2.05, 4.69) is 15.6 Å². The van der Waals surface area contributed by atoms with Gasteiger partial charge in [-0.05, 0) is 25.0 Å². The number of pyridine rings is 1. The molecule has 0 spiro atoms. The van der Waals surface area contributed by atoms with Gasteiger partial charge in [-0.3, -0.25) is 4.79 Å². The van der Waals surface area contributed by atoms with Gasteiger partial charge in [0.25, 0.3) is 0 Å². The lowest BCUT2D eigenvalue weighted by molar-refractivity contribution is -0.122. The molecule has 17 heavy (non-hydrogen) atoms. The lowest BCUT2D eigenvalue weighted by atomic mass is 10.3. The quantitative estimate of drug-likeness (QED) is 0.736. The van der Waals surface area contributed by atoms with Crippen LogP contribution in [0.3, 0.4) is 0 Å². The van der Waals surface area contributed by atoms with Gasteiger partial charge in [0.05, 0.1) is 0 Å². The Kier molecular flexibility index (Phi) is 3.55. The summed E-state index contributed by atoms with van der Waals surface area (Å²) in [5.41, 5.74) is 0.386. The molecule has 0 saturated heterocycles. The van der Waals surface area contributed by atoms with Gasteiger partial charge >= 0.3 is 0 Å². The molecule has 0 radical (unpaired) electrons. The lowest BCUT2D eigenvalue weighted by Crippen LogP contribution is -2.29. The summed E-state index contributed by atoms with van der Waals surface area (Å²) in [4.78, 5) is 15.4. The molecular weight excluding hydrogens is 216 g/mol. The van der Waals surface area contributed by atoms with Crippen LogP contribution in [0.1, 0.15) is 18.5 Å². The molecular formula is C12H14N4O. The highest BCUT2D eigenvalue weighted by atomic mass is 16.2. The molecule has 0 bridgehead atoms. The summed E-state index contributed by atoms with van der Waals surface area (Å²) in [7, 11) is 0. The number of amides is 1. The van der Waals surface area contributed by atoms with Gasteiger partial charge in [-0.25, -0.2) is 4.98 Å². The number of nitrogens with one attached hydrogen (secondary N) is 2. The number of nitriles is 1. The minimum Gasteiger partial charge on any atom is -0.368 e. The highest BCUT2D eigenvalue weighted by molar-refractivity contribution is 5.80. The Morgan fingerprint density at radius 3 is 3.00 bits per heavy atom. The largest absolute Gasteiger partial charge is 0.368 e. The fourth-order valence-electron chi connectivity index (χ4n) is 1.46. The van der Waals surface area contributed by atoms with Crippen LogP contribution in [0.5, 0.6) is 0 Å². The van der Waals surface area contributed by atoms with Crippen LogP contribution in [0, 0.1) is 17.2 Å². The molecule has 5 nitrogen and oxygen atoms in total. The maximum absolute atomic E-state index is 11.3. The first-order valence-corrected chi connectivity index (χ1v) is 5.68. The first-order chi connectivity index (χ1) is 8.29. The minimum absolute atomic E-state index is 0.144. The highest BCUT2D eigenvalue weighted by Crippen LogP contribution is 2.28. The molecule has 0 atom stereocenters. The van der Waals surface area contributed by atoms with Crippen LogP contribution < -0.4 is 10.6 Å². The van der Waals surface area contributed by atoms with Gasteiger partial charge in [-0.1, -0.05) is 6.07 Å². The average Bonchev–Trinajstić information content (AvgIpc) is 3.19. The van der Waals surface area contributed by atoms with Crippen LogP contribution in [-0.4, -0.2) is 24.0 Å². The molecule has 0 aliphatic heterocycles. The first kappa shape index (κ1) is 11.4. The molecule has 1 aromatic heterocycles. The van der Waals surface area contributed by atoms with Gasteiger partial charge < -0.3 is 10.6 Å². The van der Waals surface area contributed by atoms with E-state index in [9.17, 15) is 4.79 Å². The number of carbonyl (C=O) groups excluding carboxylic acids is 1. The molecule has 1 aromatic rings. The highest BCUT2D eigenvalue weighted by Gasteiger charge is 2.28. The second-order valence-electron chi connectivity index (χ2n) is 4.01. The summed E-state index contributed by atoms with van der Waals surface area (Å²) in [6.07, 6.45) is 2.04. The molecule has 0 unspecified atom stereocenters. The summed E-state index contributed by atoms with van der Waals surface area (Å²) >= 11 is 0. The topological polar surface area (TPSA) is 77.8 Å². The molecule has 1 amide bonds. The van der Waals surface area contributed by atoms with Gasteiger partial charge in [0.1, 0.15) is 17.6 Å². The fourth-order valence-corrected chi connectivity index (χ4v) is 1.46. The van der Waals surface area contributed by atoms with E-state index in [0.717, 1.165) is 12.8 Å². The number of carbonyl (C=O) groups is 1. The lowest BCUT2D eigenvalue weighted by Gasteiger charge is -2.06. The van der Waals surface area contributed by atoms with E-state index < -0.39 is 0 Å². The zero-order valence-electron chi connectivity index (χ0n) is 9.44. The van der Waals surface area contributed by atoms with Crippen molar-refractivity contribution in [1.29, 1.82) is 5.26 Å². The Morgan fingerprint density at radius 2 is 2.29 bits per heavy atom. The van der Waals surface area contributed by atoms with Crippen LogP contribution in [0.4, 0.5) is 5.82 Å². The van der Waals surface area contributed by atoms with E-state index in [-0.39, 0.29) is 11.8 Å². The van der Waals surface area contributed by atoms with E-state index in [0.29, 0.717) is 24.6 Å². The van der Waals surface area contributed by atoms with E-state index in [1.54, 1.807) is 18.2 Å². The molecule has 1 saturated carbocycles. The maximum Gasteiger partial charge on any atom is 0.223 e. The molecule has 2 N–H and O–H groups in total. The van der Waals surface area contributed by atoms with Crippen molar-refractivity contribution in [2.24, 2.45) is 5.92 Å². The number of aromatic nitrogens is 1. The normalized spacial score (nSPS) is 13.8. The van der Waals surface area contributed by atoms with E-state index in [1.165, 1.54) is 0 Å². The molecule has 2 rings (SSSR count). The van der Waals surface area contributed by atoms with E-state index in [4.69, 9.17) is 5.26 Å². The number of hydrogen-bond donors (Lipinski definition) is 2. The summed E-state index contributed by atoms with van der Waals surface area (Å²) in [5, 5.41) is 14.6. The van der Waals surface area contributed by atoms with Crippen molar-refractivity contribution >= 4 is 11.7 Å². The van der Waals surface area contributed by atoms with Gasteiger partial charge in [0, 0.05) is 19.0 Å². The first-order valence-electron chi connectivity index (χ1n) is 5.68. The van der Waals surface area contributed by atoms with Crippen molar-refractivity contribution in [3.05, 3.63) is 23.9 Å². The number of nitrogens with zero attached hydrogens (tertiary/aromatic N) is 2. The molecule has 5 heteroatoms. The van der Waals surface area contributed by atoms with Crippen molar-refractivity contribution in [1.82, 2.24) is 10.3 Å². The zero-order valence-corrected chi connectivity index (χ0v) is 9.44. The molecule has 0 aromatic carbocycles. The van der Waals surface area contributed by atoms with Gasteiger partial charge in [0.2, 0.25) is 5.91 Å². The minimum atomic E-state index is 0.144. The molecule has 1 fully saturated rings. The SMILES string of the molecule is N#Cc1cccc(NCCNC(=O)C2CC2)n1. The van der Waals surface area contributed by atoms with Crippen LogP contribution in [0.25, 0.3) is 0 Å². The van der Waals surface area contributed by atoms with Gasteiger partial charge in [-0.15, -0.1) is 0 Å². The maximum atomic E-state index is 11.3. The molecule has 1 aliphatic rings. The Morgan fingerprint density at radius 1 is 1.47 bits per heavy atom. The van der Waals surface area contributed by atoms with Crippen molar-refractivity contribution in [3.8, 4) is 6.07 Å². The zero-order chi connectivity index (χ0) is 12.1. The second-order valence-corrected chi connectivity index (χ2v) is 4.01. The van der Waals surface area contributed by atoms with Crippen LogP contribution in [-0.2, 0) is 4.79 Å². The molecule has 1 aliphatic carbocycles. The number of hydrogen-bond acceptors (Lipinski definition) is 4. The summed E-state index contributed by atoms with van der Waals surface area (Å²) in [6.45, 7) is 1.19. The Labute approximate surface area is 99.9 Å². The molecule has 88 valence electrons. The smallest absolute Gasteiger partial charge is 0.223 e. The fraction of sp³-hybridized carbons (Fsp3) is 0.417. The predicted molar refractivity (Wildman–Crippen MR) is 63.2 cm³/mol. The predicted octanol–water partition coefficient (Wildman–Crippen LogP) is 0.891. The van der Waals surface area contributed by atoms with Crippen LogP contribution >= 0.6 is 0 Å². The Bertz CT molecular complexity index is 448. The standard InChI is InChI=1S/C12H14N4O/c13-8-10-2-1-3-11(16-10)14-6-7-15-12(17)9-4-5-9/h1-3,9H,4-7H2,(H,14,16)(H,15,17). The monoisotopic (exact) mass is 230 g/mol. The third-order valence-electron chi connectivity index (χ3n) is 2.54. The summed E-state index contributed by atoms with van der Waals surface area (Å²) < 4.78 is 0. The van der Waals surface area contributed by atoms with Crippen molar-refractivity contribution in [2.45, 2.75) is 12.8 Å². The van der Waals surface area contributed by atoms with Crippen LogP contribution in [0.2, 0.25) is 0 Å². The third-order valence-corrected chi connectivity index (χ3v) is 2.54. The summed E-state index contributed by atoms with van der Waals surface area (Å²) in [6, 6.07) is 7.20. The molecule has 1 heterocycles. The van der Waals surface area contributed by atoms with E-state index in [1.807, 2.05) is 6.07 Å². The van der Waals surface area contributed by atoms with E-state index >= 15 is 0 Å². The van der Waals surface area contributed by atoms with Gasteiger partial charge in [0.15, 0.2) is 0 Å². The van der Waals surface area contributed by atoms with Gasteiger partial charge in [-0.2, -0.15) is 5.26 Å². The third kappa shape index (κ3) is 3.45. The summed E-state index contributed by atoms with van der Waals surface area (Å²) in [5.74, 6) is 1.05. The second kappa shape index (κ2) is 5.30. The number of rotatable bonds is 5. The van der Waals surface area contributed by atoms with Crippen LogP contribution in [0.15, 0.2) is 18.2 Å².